The van der Waals surface area contributed by atoms with E-state index in [1.54, 1.807) is 0 Å². The van der Waals surface area contributed by atoms with Gasteiger partial charge in [0.25, 0.3) is 0 Å². The fraction of sp³-hybridized carbons (Fsp3) is 0.667. The third kappa shape index (κ3) is 15.0. The van der Waals surface area contributed by atoms with Crippen LogP contribution in [-0.4, -0.2) is 94.7 Å². The Labute approximate surface area is 224 Å². The quantitative estimate of drug-likeness (QED) is 0.0505. The van der Waals surface area contributed by atoms with Gasteiger partial charge in [-0.2, -0.15) is 12.6 Å². The van der Waals surface area contributed by atoms with Gasteiger partial charge in [-0.25, -0.2) is 4.79 Å². The molecule has 0 spiro atoms. The minimum absolute atomic E-state index is 0.0443. The van der Waals surface area contributed by atoms with Gasteiger partial charge < -0.3 is 48.7 Å². The van der Waals surface area contributed by atoms with Gasteiger partial charge in [0.2, 0.25) is 29.5 Å². The van der Waals surface area contributed by atoms with Gasteiger partial charge in [0.1, 0.15) is 18.1 Å². The summed E-state index contributed by atoms with van der Waals surface area (Å²) in [6.07, 6.45) is -0.579. The number of carboxylic acid groups (broad SMARTS) is 2. The first-order valence-electron chi connectivity index (χ1n) is 11.8. The second-order valence-electron chi connectivity index (χ2n) is 8.31. The van der Waals surface area contributed by atoms with Crippen molar-refractivity contribution < 1.29 is 43.8 Å². The molecule has 17 heteroatoms. The number of hydrogen-bond acceptors (Lipinski definition) is 10. The number of carboxylic acids is 2. The van der Waals surface area contributed by atoms with Crippen LogP contribution in [0.4, 0.5) is 0 Å². The van der Waals surface area contributed by atoms with Crippen molar-refractivity contribution >= 4 is 54.1 Å². The molecular formula is C21H37N7O9S. The molecule has 0 aromatic carbocycles. The first kappa shape index (κ1) is 34.6. The van der Waals surface area contributed by atoms with Crippen molar-refractivity contribution in [1.29, 1.82) is 0 Å². The highest BCUT2D eigenvalue weighted by molar-refractivity contribution is 7.80. The van der Waals surface area contributed by atoms with Gasteiger partial charge in [0.15, 0.2) is 0 Å². The average Bonchev–Trinajstić information content (AvgIpc) is 2.85. The van der Waals surface area contributed by atoms with Gasteiger partial charge in [-0.3, -0.25) is 28.8 Å². The van der Waals surface area contributed by atoms with E-state index >= 15 is 0 Å². The molecule has 0 unspecified atom stereocenters. The fourth-order valence-corrected chi connectivity index (χ4v) is 3.18. The van der Waals surface area contributed by atoms with E-state index < -0.39 is 85.0 Å². The third-order valence-corrected chi connectivity index (χ3v) is 5.52. The van der Waals surface area contributed by atoms with E-state index in [1.807, 2.05) is 0 Å². The molecule has 12 N–H and O–H groups in total. The van der Waals surface area contributed by atoms with E-state index in [0.717, 1.165) is 0 Å². The molecule has 0 saturated carbocycles. The monoisotopic (exact) mass is 563 g/mol. The molecule has 0 aliphatic heterocycles. The normalized spacial score (nSPS) is 13.8. The summed E-state index contributed by atoms with van der Waals surface area (Å²) in [6.45, 7) is -0.185. The summed E-state index contributed by atoms with van der Waals surface area (Å²) in [5.41, 5.74) is 16.0. The molecule has 38 heavy (non-hydrogen) atoms. The average molecular weight is 564 g/mol. The number of carbonyl (C=O) groups is 7. The van der Waals surface area contributed by atoms with E-state index in [9.17, 15) is 38.7 Å². The van der Waals surface area contributed by atoms with E-state index in [2.05, 4.69) is 33.9 Å². The molecule has 4 atom stereocenters. The highest BCUT2D eigenvalue weighted by Crippen LogP contribution is 2.06. The number of aliphatic carboxylic acids is 2. The Bertz CT molecular complexity index is 859. The standard InChI is InChI=1S/C21H37N7O9S/c22-8-2-1-3-12(26-16(30)9-25-18(33)11(23)10-38)19(34)27-13(5-7-17(31)32)20(35)28-14(21(36)37)4-6-15(24)29/h11-14,38H,1-10,22-23H2,(H2,24,29)(H,25,33)(H,26,30)(H,27,34)(H,28,35)(H,31,32)(H,36,37)/t11-,12-,13-,14-/m0/s1. The van der Waals surface area contributed by atoms with Gasteiger partial charge in [0.05, 0.1) is 12.6 Å². The Morgan fingerprint density at radius 1 is 0.763 bits per heavy atom. The van der Waals surface area contributed by atoms with Crippen LogP contribution >= 0.6 is 12.6 Å². The molecule has 0 aromatic rings. The second-order valence-corrected chi connectivity index (χ2v) is 8.67. The van der Waals surface area contributed by atoms with Crippen LogP contribution in [0.25, 0.3) is 0 Å². The van der Waals surface area contributed by atoms with Gasteiger partial charge in [-0.05, 0) is 38.6 Å². The SMILES string of the molecule is NCCCC[C@H](NC(=O)CNC(=O)[C@@H](N)CS)C(=O)N[C@@H](CCC(=O)O)C(=O)N[C@@H](CCC(N)=O)C(=O)O. The number of rotatable bonds is 20. The number of carbonyl (C=O) groups excluding carboxylic acids is 5. The van der Waals surface area contributed by atoms with Crippen molar-refractivity contribution in [3.8, 4) is 0 Å². The number of primary amides is 1. The van der Waals surface area contributed by atoms with Crippen LogP contribution in [0.3, 0.4) is 0 Å². The smallest absolute Gasteiger partial charge is 0.326 e. The summed E-state index contributed by atoms with van der Waals surface area (Å²) in [5.74, 6) is -6.70. The van der Waals surface area contributed by atoms with Gasteiger partial charge in [-0.1, -0.05) is 0 Å². The predicted molar refractivity (Wildman–Crippen MR) is 136 cm³/mol. The largest absolute Gasteiger partial charge is 0.481 e. The maximum absolute atomic E-state index is 13.0. The minimum atomic E-state index is -1.52. The Morgan fingerprint density at radius 2 is 1.32 bits per heavy atom. The lowest BCUT2D eigenvalue weighted by Gasteiger charge is -2.24. The van der Waals surface area contributed by atoms with Crippen molar-refractivity contribution in [1.82, 2.24) is 21.3 Å². The summed E-state index contributed by atoms with van der Waals surface area (Å²) in [7, 11) is 0. The zero-order chi connectivity index (χ0) is 29.3. The summed E-state index contributed by atoms with van der Waals surface area (Å²) in [6, 6.07) is -5.13. The minimum Gasteiger partial charge on any atom is -0.481 e. The van der Waals surface area contributed by atoms with Gasteiger partial charge >= 0.3 is 11.9 Å². The van der Waals surface area contributed by atoms with Crippen LogP contribution in [0.15, 0.2) is 0 Å². The van der Waals surface area contributed by atoms with E-state index in [-0.39, 0.29) is 25.0 Å². The number of amides is 5. The molecule has 216 valence electrons. The molecule has 0 saturated heterocycles. The van der Waals surface area contributed by atoms with Crippen molar-refractivity contribution in [2.45, 2.75) is 69.1 Å². The van der Waals surface area contributed by atoms with Crippen LogP contribution in [0.1, 0.15) is 44.9 Å². The van der Waals surface area contributed by atoms with Crippen LogP contribution in [-0.2, 0) is 33.6 Å². The van der Waals surface area contributed by atoms with E-state index in [1.165, 1.54) is 0 Å². The Balaban J connectivity index is 5.52. The topological polar surface area (TPSA) is 286 Å². The highest BCUT2D eigenvalue weighted by Gasteiger charge is 2.30. The van der Waals surface area contributed by atoms with Gasteiger partial charge in [0, 0.05) is 18.6 Å². The number of thiol groups is 1. The van der Waals surface area contributed by atoms with Crippen molar-refractivity contribution in [3.63, 3.8) is 0 Å². The predicted octanol–water partition coefficient (Wildman–Crippen LogP) is -3.84. The van der Waals surface area contributed by atoms with Crippen LogP contribution in [0, 0.1) is 0 Å². The van der Waals surface area contributed by atoms with Crippen molar-refractivity contribution in [3.05, 3.63) is 0 Å². The molecule has 0 rings (SSSR count). The van der Waals surface area contributed by atoms with Gasteiger partial charge in [-0.15, -0.1) is 0 Å². The lowest BCUT2D eigenvalue weighted by Crippen LogP contribution is -2.56. The summed E-state index contributed by atoms with van der Waals surface area (Å²) < 4.78 is 0. The van der Waals surface area contributed by atoms with Crippen LogP contribution in [0.2, 0.25) is 0 Å². The lowest BCUT2D eigenvalue weighted by molar-refractivity contribution is -0.143. The number of unbranched alkanes of at least 4 members (excludes halogenated alkanes) is 1. The third-order valence-electron chi connectivity index (χ3n) is 5.13. The Hall–Kier alpha value is -3.44. The number of nitrogens with two attached hydrogens (primary N) is 3. The molecular weight excluding hydrogens is 526 g/mol. The molecule has 0 bridgehead atoms. The zero-order valence-corrected chi connectivity index (χ0v) is 21.7. The lowest BCUT2D eigenvalue weighted by atomic mass is 10.1. The number of hydrogen-bond donors (Lipinski definition) is 10. The number of nitrogens with one attached hydrogen (secondary N) is 4. The summed E-state index contributed by atoms with van der Waals surface area (Å²) in [4.78, 5) is 83.3. The van der Waals surface area contributed by atoms with Crippen LogP contribution < -0.4 is 38.5 Å². The molecule has 0 aromatic heterocycles. The maximum atomic E-state index is 13.0. The first-order valence-corrected chi connectivity index (χ1v) is 12.4. The maximum Gasteiger partial charge on any atom is 0.326 e. The summed E-state index contributed by atoms with van der Waals surface area (Å²) in [5, 5.41) is 27.6. The molecule has 0 aliphatic carbocycles. The van der Waals surface area contributed by atoms with E-state index in [4.69, 9.17) is 22.3 Å². The van der Waals surface area contributed by atoms with E-state index in [0.29, 0.717) is 19.4 Å². The first-order chi connectivity index (χ1) is 17.8. The highest BCUT2D eigenvalue weighted by atomic mass is 32.1. The fourth-order valence-electron chi connectivity index (χ4n) is 3.01. The molecule has 0 aliphatic rings. The van der Waals surface area contributed by atoms with Crippen LogP contribution in [0.5, 0.6) is 0 Å². The molecule has 0 heterocycles. The zero-order valence-electron chi connectivity index (χ0n) is 20.8. The second kappa shape index (κ2) is 18.8. The Morgan fingerprint density at radius 3 is 1.82 bits per heavy atom. The summed E-state index contributed by atoms with van der Waals surface area (Å²) >= 11 is 3.89. The van der Waals surface area contributed by atoms with Crippen molar-refractivity contribution in [2.75, 3.05) is 18.8 Å². The van der Waals surface area contributed by atoms with Crippen molar-refractivity contribution in [2.24, 2.45) is 17.2 Å². The Kier molecular flexibility index (Phi) is 17.1. The molecule has 16 nitrogen and oxygen atoms in total. The molecule has 0 fully saturated rings. The molecule has 5 amide bonds. The molecule has 0 radical (unpaired) electrons.